The molecule has 0 aliphatic carbocycles. The normalized spacial score (nSPS) is 10.4. The summed E-state index contributed by atoms with van der Waals surface area (Å²) in [6.45, 7) is 0. The minimum absolute atomic E-state index is 0.172. The molecule has 16 heavy (non-hydrogen) atoms. The van der Waals surface area contributed by atoms with E-state index in [1.807, 2.05) is 12.1 Å². The van der Waals surface area contributed by atoms with Crippen LogP contribution in [0.1, 0.15) is 5.56 Å². The monoisotopic (exact) mass is 298 g/mol. The summed E-state index contributed by atoms with van der Waals surface area (Å²) in [7, 11) is 0. The molecular formula is C11H8BrClN2O. The second kappa shape index (κ2) is 4.80. The van der Waals surface area contributed by atoms with Gasteiger partial charge in [0.05, 0.1) is 5.69 Å². The summed E-state index contributed by atoms with van der Waals surface area (Å²) in [5.74, 6) is 0. The zero-order chi connectivity index (χ0) is 11.5. The standard InChI is InChI=1S/C11H8BrClN2O/c12-6-8-5-10(14-15-11(8)16)7-1-3-9(13)4-2-7/h1-5H,6H2,(H,15,16). The van der Waals surface area contributed by atoms with Crippen molar-refractivity contribution in [1.82, 2.24) is 10.2 Å². The van der Waals surface area contributed by atoms with Gasteiger partial charge in [0.15, 0.2) is 0 Å². The van der Waals surface area contributed by atoms with Crippen molar-refractivity contribution in [2.75, 3.05) is 0 Å². The molecule has 2 aromatic rings. The van der Waals surface area contributed by atoms with Crippen molar-refractivity contribution < 1.29 is 0 Å². The highest BCUT2D eigenvalue weighted by Gasteiger charge is 2.04. The summed E-state index contributed by atoms with van der Waals surface area (Å²) in [5.41, 5.74) is 2.13. The average Bonchev–Trinajstić information content (AvgIpc) is 2.31. The van der Waals surface area contributed by atoms with Gasteiger partial charge in [-0.3, -0.25) is 4.79 Å². The van der Waals surface area contributed by atoms with Gasteiger partial charge in [-0.25, -0.2) is 5.10 Å². The zero-order valence-electron chi connectivity index (χ0n) is 8.21. The number of aromatic amines is 1. The maximum atomic E-state index is 11.3. The second-order valence-corrected chi connectivity index (χ2v) is 4.25. The van der Waals surface area contributed by atoms with E-state index in [1.54, 1.807) is 18.2 Å². The van der Waals surface area contributed by atoms with Gasteiger partial charge in [-0.15, -0.1) is 0 Å². The molecule has 0 bridgehead atoms. The smallest absolute Gasteiger partial charge is 0.268 e. The van der Waals surface area contributed by atoms with Crippen LogP contribution in [0.5, 0.6) is 0 Å². The van der Waals surface area contributed by atoms with Gasteiger partial charge in [0.2, 0.25) is 0 Å². The van der Waals surface area contributed by atoms with E-state index >= 15 is 0 Å². The van der Waals surface area contributed by atoms with E-state index in [1.165, 1.54) is 0 Å². The molecule has 0 unspecified atom stereocenters. The highest BCUT2D eigenvalue weighted by Crippen LogP contribution is 2.19. The van der Waals surface area contributed by atoms with E-state index in [0.717, 1.165) is 11.3 Å². The van der Waals surface area contributed by atoms with Crippen molar-refractivity contribution in [2.24, 2.45) is 0 Å². The van der Waals surface area contributed by atoms with Gasteiger partial charge in [0, 0.05) is 21.5 Å². The number of hydrogen-bond acceptors (Lipinski definition) is 2. The lowest BCUT2D eigenvalue weighted by molar-refractivity contribution is 0.973. The molecule has 0 atom stereocenters. The number of halogens is 2. The summed E-state index contributed by atoms with van der Waals surface area (Å²) in [6.07, 6.45) is 0. The van der Waals surface area contributed by atoms with Gasteiger partial charge in [0.25, 0.3) is 5.56 Å². The molecule has 0 saturated heterocycles. The summed E-state index contributed by atoms with van der Waals surface area (Å²) >= 11 is 9.05. The lowest BCUT2D eigenvalue weighted by Crippen LogP contribution is -2.13. The first kappa shape index (κ1) is 11.4. The Labute approximate surface area is 106 Å². The van der Waals surface area contributed by atoms with Gasteiger partial charge in [-0.05, 0) is 18.2 Å². The fraction of sp³-hybridized carbons (Fsp3) is 0.0909. The third kappa shape index (κ3) is 2.33. The van der Waals surface area contributed by atoms with Crippen molar-refractivity contribution in [2.45, 2.75) is 5.33 Å². The van der Waals surface area contributed by atoms with Gasteiger partial charge in [0.1, 0.15) is 0 Å². The van der Waals surface area contributed by atoms with E-state index in [2.05, 4.69) is 26.1 Å². The molecule has 1 aromatic carbocycles. The Kier molecular flexibility index (Phi) is 3.41. The fourth-order valence-corrected chi connectivity index (χ4v) is 1.86. The van der Waals surface area contributed by atoms with Crippen molar-refractivity contribution in [1.29, 1.82) is 0 Å². The van der Waals surface area contributed by atoms with Gasteiger partial charge in [-0.2, -0.15) is 5.10 Å². The molecule has 1 N–H and O–H groups in total. The Hall–Kier alpha value is -1.13. The quantitative estimate of drug-likeness (QED) is 0.867. The first-order valence-corrected chi connectivity index (χ1v) is 6.11. The summed E-state index contributed by atoms with van der Waals surface area (Å²) < 4.78 is 0. The third-order valence-electron chi connectivity index (χ3n) is 2.16. The first-order valence-electron chi connectivity index (χ1n) is 4.61. The van der Waals surface area contributed by atoms with Crippen LogP contribution >= 0.6 is 27.5 Å². The molecule has 5 heteroatoms. The predicted molar refractivity (Wildman–Crippen MR) is 67.9 cm³/mol. The van der Waals surface area contributed by atoms with Crippen LogP contribution in [0.15, 0.2) is 35.1 Å². The number of benzene rings is 1. The molecule has 3 nitrogen and oxygen atoms in total. The number of aromatic nitrogens is 2. The largest absolute Gasteiger partial charge is 0.268 e. The van der Waals surface area contributed by atoms with E-state index in [9.17, 15) is 4.79 Å². The van der Waals surface area contributed by atoms with Crippen LogP contribution in [-0.2, 0) is 5.33 Å². The molecule has 0 amide bonds. The average molecular weight is 300 g/mol. The number of rotatable bonds is 2. The van der Waals surface area contributed by atoms with Gasteiger partial charge in [-0.1, -0.05) is 39.7 Å². The van der Waals surface area contributed by atoms with Crippen molar-refractivity contribution in [3.05, 3.63) is 51.3 Å². The molecule has 0 spiro atoms. The van der Waals surface area contributed by atoms with E-state index < -0.39 is 0 Å². The van der Waals surface area contributed by atoms with Crippen molar-refractivity contribution >= 4 is 27.5 Å². The van der Waals surface area contributed by atoms with Crippen LogP contribution in [0.2, 0.25) is 5.02 Å². The lowest BCUT2D eigenvalue weighted by atomic mass is 10.1. The van der Waals surface area contributed by atoms with Crippen LogP contribution in [0, 0.1) is 0 Å². The summed E-state index contributed by atoms with van der Waals surface area (Å²) in [5, 5.41) is 7.63. The van der Waals surface area contributed by atoms with Crippen LogP contribution < -0.4 is 5.56 Å². The van der Waals surface area contributed by atoms with E-state index in [4.69, 9.17) is 11.6 Å². The highest BCUT2D eigenvalue weighted by atomic mass is 79.9. The Morgan fingerprint density at radius 3 is 2.62 bits per heavy atom. The number of H-pyrrole nitrogens is 1. The van der Waals surface area contributed by atoms with Gasteiger partial charge >= 0.3 is 0 Å². The second-order valence-electron chi connectivity index (χ2n) is 3.25. The first-order chi connectivity index (χ1) is 7.70. The number of nitrogens with one attached hydrogen (secondary N) is 1. The molecule has 0 aliphatic heterocycles. The Bertz CT molecular complexity index is 551. The molecule has 1 heterocycles. The Balaban J connectivity index is 2.48. The topological polar surface area (TPSA) is 45.8 Å². The van der Waals surface area contributed by atoms with E-state index in [0.29, 0.717) is 15.9 Å². The van der Waals surface area contributed by atoms with Crippen LogP contribution in [0.4, 0.5) is 0 Å². The van der Waals surface area contributed by atoms with Crippen LogP contribution in [-0.4, -0.2) is 10.2 Å². The molecule has 0 saturated carbocycles. The van der Waals surface area contributed by atoms with Crippen molar-refractivity contribution in [3.8, 4) is 11.3 Å². The number of alkyl halides is 1. The van der Waals surface area contributed by atoms with Crippen molar-refractivity contribution in [3.63, 3.8) is 0 Å². The number of nitrogens with zero attached hydrogens (tertiary/aromatic N) is 1. The Morgan fingerprint density at radius 2 is 2.00 bits per heavy atom. The molecule has 0 fully saturated rings. The molecule has 0 aliphatic rings. The summed E-state index contributed by atoms with van der Waals surface area (Å²) in [6, 6.07) is 9.06. The minimum Gasteiger partial charge on any atom is -0.268 e. The summed E-state index contributed by atoms with van der Waals surface area (Å²) in [4.78, 5) is 11.3. The number of hydrogen-bond donors (Lipinski definition) is 1. The third-order valence-corrected chi connectivity index (χ3v) is 3.02. The Morgan fingerprint density at radius 1 is 1.31 bits per heavy atom. The van der Waals surface area contributed by atoms with E-state index in [-0.39, 0.29) is 5.56 Å². The van der Waals surface area contributed by atoms with Crippen LogP contribution in [0.3, 0.4) is 0 Å². The minimum atomic E-state index is -0.172. The molecule has 1 aromatic heterocycles. The predicted octanol–water partition coefficient (Wildman–Crippen LogP) is 2.99. The molecule has 2 rings (SSSR count). The van der Waals surface area contributed by atoms with Gasteiger partial charge < -0.3 is 0 Å². The maximum absolute atomic E-state index is 11.3. The highest BCUT2D eigenvalue weighted by molar-refractivity contribution is 9.08. The molecule has 82 valence electrons. The zero-order valence-corrected chi connectivity index (χ0v) is 10.5. The maximum Gasteiger partial charge on any atom is 0.268 e. The fourth-order valence-electron chi connectivity index (χ4n) is 1.31. The lowest BCUT2D eigenvalue weighted by Gasteiger charge is -2.01. The van der Waals surface area contributed by atoms with Crippen LogP contribution in [0.25, 0.3) is 11.3 Å². The SMILES string of the molecule is O=c1[nH]nc(-c2ccc(Cl)cc2)cc1CBr. The molecular weight excluding hydrogens is 291 g/mol. The molecule has 0 radical (unpaired) electrons.